The van der Waals surface area contributed by atoms with E-state index in [4.69, 9.17) is 29.4 Å². The van der Waals surface area contributed by atoms with Gasteiger partial charge in [0.2, 0.25) is 5.91 Å². The van der Waals surface area contributed by atoms with E-state index in [9.17, 15) is 24.0 Å². The molecule has 0 saturated carbocycles. The molecule has 12 heteroatoms. The van der Waals surface area contributed by atoms with Crippen LogP contribution >= 0.6 is 0 Å². The molecule has 2 unspecified atom stereocenters. The SMILES string of the molecule is CC(C)(C)OC(=O)CC(C(=O)OC(C)(C)C)C(Cc1cccc2c1OCCCc1cc(NC(=O)OC(C)(C)C)ccc1C(=O)O2)C(N)=O. The van der Waals surface area contributed by atoms with Crippen LogP contribution in [0.5, 0.6) is 11.5 Å². The monoisotopic (exact) mass is 668 g/mol. The highest BCUT2D eigenvalue weighted by Crippen LogP contribution is 2.37. The lowest BCUT2D eigenvalue weighted by Gasteiger charge is -2.29. The summed E-state index contributed by atoms with van der Waals surface area (Å²) in [5.74, 6) is -5.07. The van der Waals surface area contributed by atoms with Crippen molar-refractivity contribution in [3.05, 3.63) is 53.1 Å². The van der Waals surface area contributed by atoms with Crippen LogP contribution in [-0.4, -0.2) is 53.3 Å². The fourth-order valence-electron chi connectivity index (χ4n) is 5.06. The second kappa shape index (κ2) is 15.1. The predicted molar refractivity (Wildman–Crippen MR) is 178 cm³/mol. The average Bonchev–Trinajstić information content (AvgIpc) is 2.90. The van der Waals surface area contributed by atoms with E-state index in [1.54, 1.807) is 98.7 Å². The van der Waals surface area contributed by atoms with E-state index in [1.807, 2.05) is 0 Å². The Balaban J connectivity index is 1.93. The number of ether oxygens (including phenoxy) is 5. The van der Waals surface area contributed by atoms with Gasteiger partial charge in [-0.2, -0.15) is 0 Å². The minimum atomic E-state index is -1.26. The standard InChI is InChI=1S/C36H48N2O10/c1-34(2,3)46-28(39)20-26(32(42)47-35(4,5)6)25(30(37)40)19-22-12-10-14-27-29(22)44-17-11-13-21-18-23(15-16-24(21)31(41)45-27)38-33(43)48-36(7,8)9/h10,12,14-16,18,25-26H,11,13,17,19-20H2,1-9H3,(H2,37,40)(H,38,43). The summed E-state index contributed by atoms with van der Waals surface area (Å²) in [6.45, 7) is 15.6. The van der Waals surface area contributed by atoms with Gasteiger partial charge in [0.15, 0.2) is 11.5 Å². The maximum absolute atomic E-state index is 13.4. The van der Waals surface area contributed by atoms with Gasteiger partial charge >= 0.3 is 24.0 Å². The molecule has 1 heterocycles. The largest absolute Gasteiger partial charge is 0.489 e. The molecule has 0 saturated heterocycles. The summed E-state index contributed by atoms with van der Waals surface area (Å²) >= 11 is 0. The molecule has 2 aromatic rings. The van der Waals surface area contributed by atoms with Crippen molar-refractivity contribution in [2.75, 3.05) is 11.9 Å². The van der Waals surface area contributed by atoms with Crippen LogP contribution < -0.4 is 20.5 Å². The van der Waals surface area contributed by atoms with Gasteiger partial charge in [0.05, 0.1) is 30.4 Å². The number of primary amides is 1. The van der Waals surface area contributed by atoms with E-state index in [0.717, 1.165) is 0 Å². The molecular formula is C36H48N2O10. The van der Waals surface area contributed by atoms with Crippen molar-refractivity contribution in [3.8, 4) is 11.5 Å². The number of benzene rings is 2. The van der Waals surface area contributed by atoms with Crippen molar-refractivity contribution in [2.45, 2.75) is 105 Å². The highest BCUT2D eigenvalue weighted by atomic mass is 16.6. The Labute approximate surface area is 282 Å². The molecule has 0 spiro atoms. The molecular weight excluding hydrogens is 620 g/mol. The summed E-state index contributed by atoms with van der Waals surface area (Å²) in [5.41, 5.74) is 5.31. The van der Waals surface area contributed by atoms with Crippen LogP contribution in [-0.2, 0) is 41.4 Å². The van der Waals surface area contributed by atoms with E-state index in [-0.39, 0.29) is 24.5 Å². The van der Waals surface area contributed by atoms with E-state index in [1.165, 1.54) is 0 Å². The van der Waals surface area contributed by atoms with Gasteiger partial charge in [-0.1, -0.05) is 12.1 Å². The second-order valence-corrected chi connectivity index (χ2v) is 14.7. The lowest BCUT2D eigenvalue weighted by atomic mass is 9.83. The Bertz CT molecular complexity index is 1530. The molecule has 2 aromatic carbocycles. The number of nitrogens with two attached hydrogens (primary N) is 1. The number of carbonyl (C=O) groups is 5. The van der Waals surface area contributed by atoms with Gasteiger partial charge in [0, 0.05) is 5.69 Å². The number of anilines is 1. The molecule has 0 radical (unpaired) electrons. The summed E-state index contributed by atoms with van der Waals surface area (Å²) in [6.07, 6.45) is -0.260. The smallest absolute Gasteiger partial charge is 0.412 e. The zero-order valence-electron chi connectivity index (χ0n) is 29.3. The third-order valence-electron chi connectivity index (χ3n) is 6.88. The molecule has 0 bridgehead atoms. The first-order valence-corrected chi connectivity index (χ1v) is 16.0. The molecule has 1 aliphatic heterocycles. The Morgan fingerprint density at radius 3 is 2.12 bits per heavy atom. The number of hydrogen-bond acceptors (Lipinski definition) is 10. The van der Waals surface area contributed by atoms with Gasteiger partial charge < -0.3 is 29.4 Å². The Morgan fingerprint density at radius 1 is 0.875 bits per heavy atom. The number of carbonyl (C=O) groups excluding carboxylic acids is 5. The van der Waals surface area contributed by atoms with Crippen LogP contribution in [0.25, 0.3) is 0 Å². The normalized spacial score (nSPS) is 14.9. The van der Waals surface area contributed by atoms with E-state index < -0.39 is 65.0 Å². The molecule has 12 nitrogen and oxygen atoms in total. The van der Waals surface area contributed by atoms with E-state index >= 15 is 0 Å². The quantitative estimate of drug-likeness (QED) is 0.196. The van der Waals surface area contributed by atoms with Crippen molar-refractivity contribution in [1.82, 2.24) is 0 Å². The molecule has 2 amide bonds. The van der Waals surface area contributed by atoms with Gasteiger partial charge in [0.1, 0.15) is 16.8 Å². The summed E-state index contributed by atoms with van der Waals surface area (Å²) in [5, 5.41) is 2.69. The number of amides is 2. The van der Waals surface area contributed by atoms with Gasteiger partial charge in [-0.25, -0.2) is 9.59 Å². The highest BCUT2D eigenvalue weighted by molar-refractivity contribution is 5.94. The fraction of sp³-hybridized carbons (Fsp3) is 0.528. The summed E-state index contributed by atoms with van der Waals surface area (Å²) in [4.78, 5) is 64.9. The molecule has 262 valence electrons. The minimum Gasteiger partial charge on any atom is -0.489 e. The zero-order chi connectivity index (χ0) is 36.0. The van der Waals surface area contributed by atoms with Gasteiger partial charge in [-0.15, -0.1) is 0 Å². The average molecular weight is 669 g/mol. The molecule has 2 atom stereocenters. The lowest BCUT2D eigenvalue weighted by molar-refractivity contribution is -0.170. The Hall–Kier alpha value is -4.61. The summed E-state index contributed by atoms with van der Waals surface area (Å²) in [7, 11) is 0. The van der Waals surface area contributed by atoms with Gasteiger partial charge in [-0.05, 0) is 117 Å². The molecule has 48 heavy (non-hydrogen) atoms. The fourth-order valence-corrected chi connectivity index (χ4v) is 5.06. The van der Waals surface area contributed by atoms with Gasteiger partial charge in [0.25, 0.3) is 0 Å². The van der Waals surface area contributed by atoms with E-state index in [0.29, 0.717) is 35.2 Å². The van der Waals surface area contributed by atoms with Gasteiger partial charge in [-0.3, -0.25) is 19.7 Å². The number of hydrogen-bond donors (Lipinski definition) is 2. The maximum atomic E-state index is 13.4. The first-order chi connectivity index (χ1) is 22.1. The Morgan fingerprint density at radius 2 is 1.52 bits per heavy atom. The van der Waals surface area contributed by atoms with Crippen LogP contribution in [0.2, 0.25) is 0 Å². The maximum Gasteiger partial charge on any atom is 0.412 e. The van der Waals surface area contributed by atoms with Crippen molar-refractivity contribution in [3.63, 3.8) is 0 Å². The third-order valence-corrected chi connectivity index (χ3v) is 6.88. The number of para-hydroxylation sites is 1. The van der Waals surface area contributed by atoms with Crippen molar-refractivity contribution in [1.29, 1.82) is 0 Å². The summed E-state index contributed by atoms with van der Waals surface area (Å²) < 4.78 is 28.3. The molecule has 0 aromatic heterocycles. The second-order valence-electron chi connectivity index (χ2n) is 14.7. The van der Waals surface area contributed by atoms with Crippen LogP contribution in [0.4, 0.5) is 10.5 Å². The zero-order valence-corrected chi connectivity index (χ0v) is 29.3. The number of nitrogens with one attached hydrogen (secondary N) is 1. The molecule has 3 rings (SSSR count). The number of rotatable bonds is 8. The number of aryl methyl sites for hydroxylation is 1. The van der Waals surface area contributed by atoms with Crippen LogP contribution in [0.3, 0.4) is 0 Å². The Kier molecular flexibility index (Phi) is 11.9. The highest BCUT2D eigenvalue weighted by Gasteiger charge is 2.39. The first-order valence-electron chi connectivity index (χ1n) is 16.0. The minimum absolute atomic E-state index is 0.102. The number of fused-ring (bicyclic) bond motifs is 2. The topological polar surface area (TPSA) is 170 Å². The van der Waals surface area contributed by atoms with Crippen LogP contribution in [0.1, 0.15) is 96.6 Å². The third kappa shape index (κ3) is 11.6. The van der Waals surface area contributed by atoms with Crippen molar-refractivity contribution >= 4 is 35.6 Å². The van der Waals surface area contributed by atoms with Crippen LogP contribution in [0.15, 0.2) is 36.4 Å². The van der Waals surface area contributed by atoms with Crippen molar-refractivity contribution in [2.24, 2.45) is 17.6 Å². The predicted octanol–water partition coefficient (Wildman–Crippen LogP) is 5.91. The van der Waals surface area contributed by atoms with E-state index in [2.05, 4.69) is 5.32 Å². The molecule has 0 aliphatic carbocycles. The van der Waals surface area contributed by atoms with Crippen molar-refractivity contribution < 1.29 is 47.7 Å². The van der Waals surface area contributed by atoms with Crippen LogP contribution in [0, 0.1) is 11.8 Å². The first kappa shape index (κ1) is 37.8. The molecule has 0 fully saturated rings. The lowest BCUT2D eigenvalue weighted by Crippen LogP contribution is -2.41. The number of esters is 3. The molecule has 1 aliphatic rings. The molecule has 3 N–H and O–H groups in total. The summed E-state index contributed by atoms with van der Waals surface area (Å²) in [6, 6.07) is 9.71.